The molecule has 1 atom stereocenters. The average Bonchev–Trinajstić information content (AvgIpc) is 2.80. The van der Waals surface area contributed by atoms with Crippen LogP contribution >= 0.6 is 0 Å². The summed E-state index contributed by atoms with van der Waals surface area (Å²) in [5.74, 6) is -0.395. The number of cyclic esters (lactones) is 1. The monoisotopic (exact) mass is 437 g/mol. The van der Waals surface area contributed by atoms with E-state index in [1.807, 2.05) is 37.3 Å². The van der Waals surface area contributed by atoms with Crippen LogP contribution in [0.5, 0.6) is 0 Å². The number of halogens is 1. The molecule has 2 amide bonds. The van der Waals surface area contributed by atoms with Crippen molar-refractivity contribution in [1.29, 1.82) is 0 Å². The van der Waals surface area contributed by atoms with Crippen LogP contribution in [0.4, 0.5) is 20.6 Å². The summed E-state index contributed by atoms with van der Waals surface area (Å²) in [4.78, 5) is 31.3. The van der Waals surface area contributed by atoms with Gasteiger partial charge in [-0.3, -0.25) is 14.6 Å². The molecule has 0 radical (unpaired) electrons. The van der Waals surface area contributed by atoms with E-state index >= 15 is 0 Å². The van der Waals surface area contributed by atoms with Crippen molar-refractivity contribution < 1.29 is 18.7 Å². The molecule has 0 aliphatic carbocycles. The van der Waals surface area contributed by atoms with Crippen molar-refractivity contribution in [1.82, 2.24) is 4.90 Å². The summed E-state index contributed by atoms with van der Waals surface area (Å²) in [6, 6.07) is 12.9. The number of fused-ring (bicyclic) bond motifs is 2. The van der Waals surface area contributed by atoms with Crippen molar-refractivity contribution in [2.75, 3.05) is 29.4 Å². The van der Waals surface area contributed by atoms with Gasteiger partial charge in [-0.25, -0.2) is 9.18 Å². The topological polar surface area (TPSA) is 53.1 Å². The minimum atomic E-state index is -0.330. The predicted octanol–water partition coefficient (Wildman–Crippen LogP) is 4.11. The van der Waals surface area contributed by atoms with Crippen LogP contribution in [0.25, 0.3) is 0 Å². The van der Waals surface area contributed by atoms with E-state index in [9.17, 15) is 14.0 Å². The maximum Gasteiger partial charge on any atom is 0.414 e. The van der Waals surface area contributed by atoms with Gasteiger partial charge in [0.25, 0.3) is 0 Å². The summed E-state index contributed by atoms with van der Waals surface area (Å²) < 4.78 is 20.0. The maximum absolute atomic E-state index is 14.6. The molecule has 3 aliphatic rings. The lowest BCUT2D eigenvalue weighted by atomic mass is 9.96. The number of anilines is 2. The Bertz CT molecular complexity index is 1030. The van der Waals surface area contributed by atoms with Gasteiger partial charge in [0, 0.05) is 30.7 Å². The number of hydrogen-bond donors (Lipinski definition) is 0. The Balaban J connectivity index is 1.26. The lowest BCUT2D eigenvalue weighted by Crippen LogP contribution is -2.52. The lowest BCUT2D eigenvalue weighted by molar-refractivity contribution is -0.120. The van der Waals surface area contributed by atoms with Crippen LogP contribution in [0.1, 0.15) is 37.3 Å². The van der Waals surface area contributed by atoms with Crippen molar-refractivity contribution in [2.24, 2.45) is 0 Å². The van der Waals surface area contributed by atoms with Gasteiger partial charge in [-0.15, -0.1) is 0 Å². The number of rotatable bonds is 3. The molecule has 5 rings (SSSR count). The largest absolute Gasteiger partial charge is 0.444 e. The molecule has 0 N–H and O–H groups in total. The van der Waals surface area contributed by atoms with Gasteiger partial charge < -0.3 is 9.64 Å². The molecular formula is C25H28FN3O3. The second kappa shape index (κ2) is 8.54. The first-order chi connectivity index (χ1) is 15.5. The Morgan fingerprint density at radius 2 is 1.81 bits per heavy atom. The van der Waals surface area contributed by atoms with Crippen LogP contribution in [0.15, 0.2) is 42.5 Å². The quantitative estimate of drug-likeness (QED) is 0.725. The van der Waals surface area contributed by atoms with Crippen molar-refractivity contribution in [2.45, 2.75) is 51.3 Å². The van der Waals surface area contributed by atoms with Gasteiger partial charge >= 0.3 is 6.09 Å². The number of hydrogen-bond acceptors (Lipinski definition) is 4. The number of likely N-dealkylation sites (tertiary alicyclic amines) is 1. The van der Waals surface area contributed by atoms with Crippen molar-refractivity contribution in [3.05, 3.63) is 59.4 Å². The van der Waals surface area contributed by atoms with Crippen molar-refractivity contribution in [3.63, 3.8) is 0 Å². The summed E-state index contributed by atoms with van der Waals surface area (Å²) in [6.07, 6.45) is 2.85. The zero-order chi connectivity index (χ0) is 22.2. The Labute approximate surface area is 187 Å². The number of carbonyl (C=O) groups is 2. The Kier molecular flexibility index (Phi) is 5.59. The van der Waals surface area contributed by atoms with E-state index in [0.717, 1.165) is 42.5 Å². The number of para-hydroxylation sites is 2. The standard InChI is InChI=1S/C25H28FN3O3/c1-17-9-10-18-6-4-7-21(26)24(18)28(17)23(30)15-27-13-11-20(12-14-27)29-22-8-3-2-5-19(22)16-32-25(29)31/h2-8,17,20H,9-16H2,1H3. The third kappa shape index (κ3) is 3.75. The molecule has 0 saturated carbocycles. The van der Waals surface area contributed by atoms with E-state index in [0.29, 0.717) is 25.4 Å². The number of amides is 2. The zero-order valence-corrected chi connectivity index (χ0v) is 18.3. The molecule has 0 aromatic heterocycles. The first-order valence-electron chi connectivity index (χ1n) is 11.4. The van der Waals surface area contributed by atoms with Crippen LogP contribution in [-0.2, 0) is 22.6 Å². The minimum Gasteiger partial charge on any atom is -0.444 e. The fourth-order valence-electron chi connectivity index (χ4n) is 5.24. The van der Waals surface area contributed by atoms with Gasteiger partial charge in [-0.05, 0) is 50.3 Å². The van der Waals surface area contributed by atoms with Gasteiger partial charge in [0.1, 0.15) is 12.4 Å². The Morgan fingerprint density at radius 3 is 2.62 bits per heavy atom. The highest BCUT2D eigenvalue weighted by molar-refractivity contribution is 5.96. The van der Waals surface area contributed by atoms with E-state index in [1.165, 1.54) is 6.07 Å². The minimum absolute atomic E-state index is 0.0240. The van der Waals surface area contributed by atoms with E-state index in [2.05, 4.69) is 4.90 Å². The number of piperidine rings is 1. The number of benzene rings is 2. The van der Waals surface area contributed by atoms with Gasteiger partial charge in [-0.1, -0.05) is 30.3 Å². The zero-order valence-electron chi connectivity index (χ0n) is 18.3. The van der Waals surface area contributed by atoms with Gasteiger partial charge in [0.05, 0.1) is 17.9 Å². The normalized spacial score (nSPS) is 21.7. The molecule has 1 unspecified atom stereocenters. The van der Waals surface area contributed by atoms with Gasteiger partial charge in [0.2, 0.25) is 5.91 Å². The summed E-state index contributed by atoms with van der Waals surface area (Å²) in [5, 5.41) is 0. The highest BCUT2D eigenvalue weighted by atomic mass is 19.1. The number of ether oxygens (including phenoxy) is 1. The van der Waals surface area contributed by atoms with Crippen LogP contribution in [0, 0.1) is 5.82 Å². The van der Waals surface area contributed by atoms with E-state index in [1.54, 1.807) is 15.9 Å². The predicted molar refractivity (Wildman–Crippen MR) is 120 cm³/mol. The van der Waals surface area contributed by atoms with Gasteiger partial charge in [0.15, 0.2) is 0 Å². The highest BCUT2D eigenvalue weighted by Gasteiger charge is 2.36. The summed E-state index contributed by atoms with van der Waals surface area (Å²) in [5.41, 5.74) is 3.29. The van der Waals surface area contributed by atoms with Crippen LogP contribution in [0.3, 0.4) is 0 Å². The van der Waals surface area contributed by atoms with E-state index in [4.69, 9.17) is 4.74 Å². The fraction of sp³-hybridized carbons (Fsp3) is 0.440. The molecule has 0 bridgehead atoms. The molecule has 32 heavy (non-hydrogen) atoms. The summed E-state index contributed by atoms with van der Waals surface area (Å²) >= 11 is 0. The molecule has 7 heteroatoms. The van der Waals surface area contributed by atoms with Crippen LogP contribution in [0.2, 0.25) is 0 Å². The maximum atomic E-state index is 14.6. The first-order valence-corrected chi connectivity index (χ1v) is 11.4. The van der Waals surface area contributed by atoms with Crippen molar-refractivity contribution >= 4 is 23.4 Å². The van der Waals surface area contributed by atoms with Crippen LogP contribution < -0.4 is 9.80 Å². The highest BCUT2D eigenvalue weighted by Crippen LogP contribution is 2.34. The summed E-state index contributed by atoms with van der Waals surface area (Å²) in [7, 11) is 0. The second-order valence-corrected chi connectivity index (χ2v) is 8.96. The molecule has 0 spiro atoms. The molecular weight excluding hydrogens is 409 g/mol. The number of nitrogens with zero attached hydrogens (tertiary/aromatic N) is 3. The molecule has 6 nitrogen and oxygen atoms in total. The average molecular weight is 438 g/mol. The SMILES string of the molecule is CC1CCc2cccc(F)c2N1C(=O)CN1CCC(N2C(=O)OCc3ccccc32)CC1. The number of carbonyl (C=O) groups excluding carboxylic acids is 2. The molecule has 1 fully saturated rings. The summed E-state index contributed by atoms with van der Waals surface area (Å²) in [6.45, 7) is 3.96. The van der Waals surface area contributed by atoms with Gasteiger partial charge in [-0.2, -0.15) is 0 Å². The third-order valence-corrected chi connectivity index (χ3v) is 6.93. The fourth-order valence-corrected chi connectivity index (χ4v) is 5.24. The lowest BCUT2D eigenvalue weighted by Gasteiger charge is -2.41. The van der Waals surface area contributed by atoms with E-state index in [-0.39, 0.29) is 36.4 Å². The second-order valence-electron chi connectivity index (χ2n) is 8.96. The molecule has 3 heterocycles. The molecule has 1 saturated heterocycles. The molecule has 168 valence electrons. The van der Waals surface area contributed by atoms with Crippen LogP contribution in [-0.4, -0.2) is 48.6 Å². The Morgan fingerprint density at radius 1 is 1.06 bits per heavy atom. The van der Waals surface area contributed by atoms with E-state index < -0.39 is 0 Å². The molecule has 2 aromatic carbocycles. The smallest absolute Gasteiger partial charge is 0.414 e. The first kappa shape index (κ1) is 20.9. The Hall–Kier alpha value is -2.93. The molecule has 3 aliphatic heterocycles. The third-order valence-electron chi connectivity index (χ3n) is 6.93. The number of aryl methyl sites for hydroxylation is 1. The molecule has 2 aromatic rings. The van der Waals surface area contributed by atoms with Crippen molar-refractivity contribution in [3.8, 4) is 0 Å².